The molecule has 4 N–H and O–H groups in total. The zero-order chi connectivity index (χ0) is 17.3. The molecule has 7 nitrogen and oxygen atoms in total. The number of carbonyl (C=O) groups excluding carboxylic acids is 3. The van der Waals surface area contributed by atoms with Crippen LogP contribution in [0.4, 0.5) is 4.79 Å². The first-order valence-electron chi connectivity index (χ1n) is 8.12. The maximum atomic E-state index is 12.5. The van der Waals surface area contributed by atoms with Gasteiger partial charge in [0.2, 0.25) is 5.91 Å². The predicted molar refractivity (Wildman–Crippen MR) is 88.0 cm³/mol. The topological polar surface area (TPSA) is 105 Å². The van der Waals surface area contributed by atoms with E-state index in [1.54, 1.807) is 24.3 Å². The van der Waals surface area contributed by atoms with Gasteiger partial charge in [0.05, 0.1) is 18.6 Å². The predicted octanol–water partition coefficient (Wildman–Crippen LogP) is 0.596. The summed E-state index contributed by atoms with van der Waals surface area (Å²) in [4.78, 5) is 37.0. The molecule has 1 aromatic rings. The van der Waals surface area contributed by atoms with Crippen molar-refractivity contribution in [3.8, 4) is 0 Å². The van der Waals surface area contributed by atoms with Gasteiger partial charge in [0, 0.05) is 12.1 Å². The second-order valence-corrected chi connectivity index (χ2v) is 6.69. The van der Waals surface area contributed by atoms with Gasteiger partial charge in [0.15, 0.2) is 0 Å². The second kappa shape index (κ2) is 6.24. The van der Waals surface area contributed by atoms with Gasteiger partial charge in [-0.1, -0.05) is 12.1 Å². The Morgan fingerprint density at radius 2 is 2.17 bits per heavy atom. The number of imide groups is 1. The molecule has 2 aliphatic rings. The summed E-state index contributed by atoms with van der Waals surface area (Å²) in [5, 5.41) is 5.52. The Morgan fingerprint density at radius 3 is 2.75 bits per heavy atom. The molecule has 1 heterocycles. The largest absolute Gasteiger partial charge is 0.345 e. The van der Waals surface area contributed by atoms with Gasteiger partial charge in [0.1, 0.15) is 0 Å². The monoisotopic (exact) mass is 330 g/mol. The normalized spacial score (nSPS) is 19.8. The molecule has 1 aliphatic heterocycles. The number of urea groups is 1. The van der Waals surface area contributed by atoms with Crippen LogP contribution in [0.3, 0.4) is 0 Å². The number of amides is 4. The molecule has 1 atom stereocenters. The van der Waals surface area contributed by atoms with Crippen molar-refractivity contribution in [2.45, 2.75) is 31.8 Å². The molecule has 0 bridgehead atoms. The lowest BCUT2D eigenvalue weighted by molar-refractivity contribution is -0.125. The lowest BCUT2D eigenvalue weighted by Crippen LogP contribution is -2.53. The molecule has 24 heavy (non-hydrogen) atoms. The molecule has 1 saturated carbocycles. The third-order valence-corrected chi connectivity index (χ3v) is 4.77. The van der Waals surface area contributed by atoms with Gasteiger partial charge >= 0.3 is 6.03 Å². The molecule has 2 fully saturated rings. The standard InChI is InChI=1S/C17H22N4O3/c1-17(10-18,13-5-6-13)20-15(23)12-4-2-3-11(7-12)9-21-14(22)8-19-16(21)24/h2-4,7,13H,5-6,8-10,18H2,1H3,(H,19,24)(H,20,23). The molecular weight excluding hydrogens is 308 g/mol. The van der Waals surface area contributed by atoms with E-state index in [1.807, 2.05) is 6.92 Å². The summed E-state index contributed by atoms with van der Waals surface area (Å²) < 4.78 is 0. The van der Waals surface area contributed by atoms with E-state index in [1.165, 1.54) is 0 Å². The van der Waals surface area contributed by atoms with E-state index in [2.05, 4.69) is 10.6 Å². The van der Waals surface area contributed by atoms with Crippen LogP contribution in [-0.2, 0) is 11.3 Å². The van der Waals surface area contributed by atoms with Gasteiger partial charge < -0.3 is 16.4 Å². The SMILES string of the molecule is CC(CN)(NC(=O)c1cccc(CN2C(=O)CNC2=O)c1)C1CC1. The number of nitrogens with zero attached hydrogens (tertiary/aromatic N) is 1. The Hall–Kier alpha value is -2.41. The number of nitrogens with two attached hydrogens (primary N) is 1. The van der Waals surface area contributed by atoms with Gasteiger partial charge in [-0.15, -0.1) is 0 Å². The second-order valence-electron chi connectivity index (χ2n) is 6.69. The van der Waals surface area contributed by atoms with Crippen molar-refractivity contribution in [3.05, 3.63) is 35.4 Å². The zero-order valence-corrected chi connectivity index (χ0v) is 13.7. The average molecular weight is 330 g/mol. The Balaban J connectivity index is 1.71. The van der Waals surface area contributed by atoms with Gasteiger partial charge in [0.25, 0.3) is 5.91 Å². The van der Waals surface area contributed by atoms with Crippen molar-refractivity contribution in [3.63, 3.8) is 0 Å². The van der Waals surface area contributed by atoms with Gasteiger partial charge in [-0.3, -0.25) is 14.5 Å². The first-order valence-corrected chi connectivity index (χ1v) is 8.12. The van der Waals surface area contributed by atoms with Gasteiger partial charge in [-0.05, 0) is 43.4 Å². The van der Waals surface area contributed by atoms with Crippen LogP contribution in [0.25, 0.3) is 0 Å². The molecule has 3 rings (SSSR count). The summed E-state index contributed by atoms with van der Waals surface area (Å²) in [6, 6.07) is 6.56. The minimum absolute atomic E-state index is 0.0231. The van der Waals surface area contributed by atoms with Crippen LogP contribution in [0.1, 0.15) is 35.7 Å². The van der Waals surface area contributed by atoms with Crippen molar-refractivity contribution in [1.82, 2.24) is 15.5 Å². The van der Waals surface area contributed by atoms with Crippen LogP contribution in [0, 0.1) is 5.92 Å². The van der Waals surface area contributed by atoms with E-state index >= 15 is 0 Å². The Kier molecular flexibility index (Phi) is 4.28. The quantitative estimate of drug-likeness (QED) is 0.664. The number of carbonyl (C=O) groups is 3. The maximum absolute atomic E-state index is 12.5. The van der Waals surface area contributed by atoms with Crippen molar-refractivity contribution in [1.29, 1.82) is 0 Å². The van der Waals surface area contributed by atoms with E-state index in [4.69, 9.17) is 5.73 Å². The highest BCUT2D eigenvalue weighted by Gasteiger charge is 2.41. The Morgan fingerprint density at radius 1 is 1.42 bits per heavy atom. The van der Waals surface area contributed by atoms with Gasteiger partial charge in [-0.25, -0.2) is 4.79 Å². The molecular formula is C17H22N4O3. The fourth-order valence-corrected chi connectivity index (χ4v) is 2.98. The minimum atomic E-state index is -0.403. The maximum Gasteiger partial charge on any atom is 0.324 e. The van der Waals surface area contributed by atoms with E-state index in [0.29, 0.717) is 18.0 Å². The fourth-order valence-electron chi connectivity index (χ4n) is 2.98. The summed E-state index contributed by atoms with van der Waals surface area (Å²) >= 11 is 0. The average Bonchev–Trinajstić information content (AvgIpc) is 3.38. The summed E-state index contributed by atoms with van der Waals surface area (Å²) in [6.07, 6.45) is 2.17. The molecule has 1 aromatic carbocycles. The van der Waals surface area contributed by atoms with Crippen molar-refractivity contribution in [2.75, 3.05) is 13.1 Å². The smallest absolute Gasteiger partial charge is 0.324 e. The summed E-state index contributed by atoms with van der Waals surface area (Å²) in [6.45, 7) is 2.54. The van der Waals surface area contributed by atoms with Gasteiger partial charge in [-0.2, -0.15) is 0 Å². The van der Waals surface area contributed by atoms with E-state index in [-0.39, 0.29) is 24.9 Å². The molecule has 4 amide bonds. The number of nitrogens with one attached hydrogen (secondary N) is 2. The summed E-state index contributed by atoms with van der Waals surface area (Å²) in [5.41, 5.74) is 6.68. The summed E-state index contributed by atoms with van der Waals surface area (Å²) in [5.74, 6) is -0.0197. The van der Waals surface area contributed by atoms with Crippen LogP contribution < -0.4 is 16.4 Å². The number of hydrogen-bond donors (Lipinski definition) is 3. The summed E-state index contributed by atoms with van der Waals surface area (Å²) in [7, 11) is 0. The molecule has 1 unspecified atom stereocenters. The molecule has 1 saturated heterocycles. The minimum Gasteiger partial charge on any atom is -0.345 e. The number of hydrogen-bond acceptors (Lipinski definition) is 4. The first kappa shape index (κ1) is 16.4. The number of benzene rings is 1. The lowest BCUT2D eigenvalue weighted by Gasteiger charge is -2.29. The third-order valence-electron chi connectivity index (χ3n) is 4.77. The number of rotatable bonds is 6. The van der Waals surface area contributed by atoms with E-state index < -0.39 is 11.6 Å². The molecule has 0 radical (unpaired) electrons. The Labute approximate surface area is 140 Å². The fraction of sp³-hybridized carbons (Fsp3) is 0.471. The molecule has 0 aromatic heterocycles. The zero-order valence-electron chi connectivity index (χ0n) is 13.7. The van der Waals surface area contributed by atoms with Crippen LogP contribution >= 0.6 is 0 Å². The molecule has 1 aliphatic carbocycles. The molecule has 7 heteroatoms. The highest BCUT2D eigenvalue weighted by atomic mass is 16.2. The molecule has 0 spiro atoms. The Bertz CT molecular complexity index is 670. The first-order chi connectivity index (χ1) is 11.4. The van der Waals surface area contributed by atoms with Crippen LogP contribution in [0.15, 0.2) is 24.3 Å². The lowest BCUT2D eigenvalue weighted by atomic mass is 9.95. The highest BCUT2D eigenvalue weighted by Crippen LogP contribution is 2.39. The van der Waals surface area contributed by atoms with Crippen molar-refractivity contribution in [2.24, 2.45) is 11.7 Å². The van der Waals surface area contributed by atoms with E-state index in [9.17, 15) is 14.4 Å². The van der Waals surface area contributed by atoms with E-state index in [0.717, 1.165) is 23.3 Å². The van der Waals surface area contributed by atoms with Crippen molar-refractivity contribution < 1.29 is 14.4 Å². The van der Waals surface area contributed by atoms with Crippen LogP contribution in [-0.4, -0.2) is 41.4 Å². The molecule has 128 valence electrons. The third kappa shape index (κ3) is 3.26. The van der Waals surface area contributed by atoms with Crippen LogP contribution in [0.5, 0.6) is 0 Å². The highest BCUT2D eigenvalue weighted by molar-refractivity contribution is 6.02. The van der Waals surface area contributed by atoms with Crippen LogP contribution in [0.2, 0.25) is 0 Å². The van der Waals surface area contributed by atoms with Crippen molar-refractivity contribution >= 4 is 17.8 Å².